The van der Waals surface area contributed by atoms with Gasteiger partial charge in [-0.25, -0.2) is 0 Å². The highest BCUT2D eigenvalue weighted by Crippen LogP contribution is 2.47. The van der Waals surface area contributed by atoms with Gasteiger partial charge in [0.2, 0.25) is 9.52 Å². The van der Waals surface area contributed by atoms with E-state index < -0.39 is 15.4 Å². The average molecular weight is 391 g/mol. The number of hydrogen-bond acceptors (Lipinski definition) is 5. The molecule has 0 saturated heterocycles. The zero-order chi connectivity index (χ0) is 16.7. The van der Waals surface area contributed by atoms with Crippen LogP contribution in [0.5, 0.6) is 0 Å². The summed E-state index contributed by atoms with van der Waals surface area (Å²) >= 11 is 19.2. The Morgan fingerprint density at radius 1 is 1.30 bits per heavy atom. The molecule has 23 heavy (non-hydrogen) atoms. The van der Waals surface area contributed by atoms with Gasteiger partial charge in [0.15, 0.2) is 0 Å². The fraction of sp³-hybridized carbons (Fsp3) is 0.214. The van der Waals surface area contributed by atoms with E-state index in [9.17, 15) is 9.90 Å². The number of carbonyl (C=O) groups is 1. The van der Waals surface area contributed by atoms with E-state index in [4.69, 9.17) is 34.8 Å². The first-order valence-electron chi connectivity index (χ1n) is 6.48. The van der Waals surface area contributed by atoms with Crippen LogP contribution in [0.15, 0.2) is 47.1 Å². The predicted molar refractivity (Wildman–Crippen MR) is 91.1 cm³/mol. The van der Waals surface area contributed by atoms with Crippen molar-refractivity contribution in [1.29, 1.82) is 0 Å². The van der Waals surface area contributed by atoms with E-state index in [-0.39, 0.29) is 12.0 Å². The van der Waals surface area contributed by atoms with Gasteiger partial charge >= 0.3 is 0 Å². The van der Waals surface area contributed by atoms with Crippen LogP contribution in [0.4, 0.5) is 0 Å². The molecule has 1 amide bonds. The molecular weight excluding hydrogens is 381 g/mol. The number of carbonyl (C=O) groups excluding carboxylic acids is 1. The van der Waals surface area contributed by atoms with Gasteiger partial charge in [0.25, 0.3) is 5.91 Å². The molecule has 1 N–H and O–H groups in total. The number of pyridine rings is 1. The topological polar surface area (TPSA) is 65.8 Å². The highest BCUT2D eigenvalue weighted by atomic mass is 35.6. The Labute approximate surface area is 151 Å². The number of halogens is 3. The second-order valence-corrected chi connectivity index (χ2v) is 8.10. The Bertz CT molecular complexity index is 746. The molecule has 1 aliphatic rings. The molecule has 3 rings (SSSR count). The van der Waals surface area contributed by atoms with Crippen molar-refractivity contribution in [2.24, 2.45) is 5.10 Å². The summed E-state index contributed by atoms with van der Waals surface area (Å²) in [5.74, 6) is -0.576. The minimum Gasteiger partial charge on any atom is -0.365 e. The first kappa shape index (κ1) is 16.7. The standard InChI is InChI=1S/C14H10Cl3N3O2S/c15-14(16,17)13(22)8-10(11-2-1-7-23-11)19-20(13)12(21)9-3-5-18-6-4-9/h1-7,22H,8H2. The number of aromatic nitrogens is 1. The van der Waals surface area contributed by atoms with Gasteiger partial charge in [-0.3, -0.25) is 9.78 Å². The van der Waals surface area contributed by atoms with E-state index in [1.807, 2.05) is 17.5 Å². The summed E-state index contributed by atoms with van der Waals surface area (Å²) < 4.78 is -2.13. The summed E-state index contributed by atoms with van der Waals surface area (Å²) in [4.78, 5) is 17.3. The summed E-state index contributed by atoms with van der Waals surface area (Å²) in [5, 5.41) is 17.8. The third-order valence-corrected chi connectivity index (χ3v) is 5.19. The van der Waals surface area contributed by atoms with Crippen molar-refractivity contribution >= 4 is 57.8 Å². The Hall–Kier alpha value is -1.18. The third-order valence-electron chi connectivity index (χ3n) is 3.36. The molecule has 0 aromatic carbocycles. The van der Waals surface area contributed by atoms with Gasteiger partial charge in [-0.15, -0.1) is 11.3 Å². The molecule has 0 aliphatic carbocycles. The first-order chi connectivity index (χ1) is 10.8. The molecule has 1 aliphatic heterocycles. The number of thiophene rings is 1. The summed E-state index contributed by atoms with van der Waals surface area (Å²) in [6, 6.07) is 6.66. The fourth-order valence-electron chi connectivity index (χ4n) is 2.18. The van der Waals surface area contributed by atoms with E-state index in [0.717, 1.165) is 9.89 Å². The van der Waals surface area contributed by atoms with Gasteiger partial charge in [-0.1, -0.05) is 40.9 Å². The molecule has 0 bridgehead atoms. The zero-order valence-electron chi connectivity index (χ0n) is 11.5. The number of alkyl halides is 3. The summed E-state index contributed by atoms with van der Waals surface area (Å²) in [5.41, 5.74) is -1.31. The lowest BCUT2D eigenvalue weighted by Gasteiger charge is -2.36. The summed E-state index contributed by atoms with van der Waals surface area (Å²) in [6.45, 7) is 0. The highest BCUT2D eigenvalue weighted by molar-refractivity contribution is 7.12. The van der Waals surface area contributed by atoms with Crippen molar-refractivity contribution in [2.45, 2.75) is 15.9 Å². The van der Waals surface area contributed by atoms with Gasteiger partial charge in [0.1, 0.15) is 0 Å². The molecule has 9 heteroatoms. The van der Waals surface area contributed by atoms with E-state index in [0.29, 0.717) is 5.71 Å². The summed E-state index contributed by atoms with van der Waals surface area (Å²) in [7, 11) is 0. The van der Waals surface area contributed by atoms with Crippen molar-refractivity contribution in [1.82, 2.24) is 9.99 Å². The number of rotatable bonds is 2. The number of amides is 1. The molecule has 1 atom stereocenters. The Morgan fingerprint density at radius 2 is 2.00 bits per heavy atom. The van der Waals surface area contributed by atoms with Gasteiger partial charge in [0, 0.05) is 24.4 Å². The Balaban J connectivity index is 2.04. The van der Waals surface area contributed by atoms with Gasteiger partial charge in [-0.2, -0.15) is 10.1 Å². The third kappa shape index (κ3) is 2.97. The van der Waals surface area contributed by atoms with Crippen LogP contribution in [-0.2, 0) is 0 Å². The van der Waals surface area contributed by atoms with Crippen molar-refractivity contribution in [3.05, 3.63) is 52.5 Å². The van der Waals surface area contributed by atoms with Gasteiger partial charge in [-0.05, 0) is 23.6 Å². The number of hydrogen-bond donors (Lipinski definition) is 1. The van der Waals surface area contributed by atoms with Crippen molar-refractivity contribution in [3.63, 3.8) is 0 Å². The SMILES string of the molecule is O=C(c1ccncc1)N1N=C(c2cccs2)CC1(O)C(Cl)(Cl)Cl. The Kier molecular flexibility index (Phi) is 4.37. The van der Waals surface area contributed by atoms with Crippen LogP contribution >= 0.6 is 46.1 Å². The van der Waals surface area contributed by atoms with E-state index in [2.05, 4.69) is 10.1 Å². The average Bonchev–Trinajstić information content (AvgIpc) is 3.15. The van der Waals surface area contributed by atoms with Crippen LogP contribution in [0.1, 0.15) is 21.7 Å². The molecular formula is C14H10Cl3N3O2S. The largest absolute Gasteiger partial charge is 0.365 e. The smallest absolute Gasteiger partial charge is 0.276 e. The molecule has 1 unspecified atom stereocenters. The van der Waals surface area contributed by atoms with Crippen LogP contribution < -0.4 is 0 Å². The van der Waals surface area contributed by atoms with Crippen molar-refractivity contribution < 1.29 is 9.90 Å². The lowest BCUT2D eigenvalue weighted by atomic mass is 10.1. The van der Waals surface area contributed by atoms with Crippen LogP contribution in [0.3, 0.4) is 0 Å². The van der Waals surface area contributed by atoms with E-state index >= 15 is 0 Å². The molecule has 0 radical (unpaired) electrons. The maximum atomic E-state index is 12.7. The lowest BCUT2D eigenvalue weighted by Crippen LogP contribution is -2.55. The molecule has 0 fully saturated rings. The van der Waals surface area contributed by atoms with Crippen LogP contribution in [-0.4, -0.2) is 36.2 Å². The minimum atomic E-state index is -2.13. The Morgan fingerprint density at radius 3 is 2.57 bits per heavy atom. The molecule has 2 aromatic rings. The molecule has 120 valence electrons. The lowest BCUT2D eigenvalue weighted by molar-refractivity contribution is -0.0672. The number of nitrogens with zero attached hydrogens (tertiary/aromatic N) is 3. The van der Waals surface area contributed by atoms with Crippen molar-refractivity contribution in [3.8, 4) is 0 Å². The monoisotopic (exact) mass is 389 g/mol. The highest BCUT2D eigenvalue weighted by Gasteiger charge is 2.58. The van der Waals surface area contributed by atoms with Crippen LogP contribution in [0, 0.1) is 0 Å². The van der Waals surface area contributed by atoms with Crippen LogP contribution in [0.2, 0.25) is 0 Å². The van der Waals surface area contributed by atoms with Crippen molar-refractivity contribution in [2.75, 3.05) is 0 Å². The fourth-order valence-corrected chi connectivity index (χ4v) is 3.33. The molecule has 0 spiro atoms. The molecule has 5 nitrogen and oxygen atoms in total. The second-order valence-electron chi connectivity index (χ2n) is 4.87. The predicted octanol–water partition coefficient (Wildman–Crippen LogP) is 3.45. The molecule has 0 saturated carbocycles. The number of aliphatic hydroxyl groups is 1. The van der Waals surface area contributed by atoms with Gasteiger partial charge < -0.3 is 5.11 Å². The summed E-state index contributed by atoms with van der Waals surface area (Å²) in [6.07, 6.45) is 2.84. The maximum absolute atomic E-state index is 12.7. The quantitative estimate of drug-likeness (QED) is 0.799. The zero-order valence-corrected chi connectivity index (χ0v) is 14.6. The molecule has 3 heterocycles. The minimum absolute atomic E-state index is 0.0825. The van der Waals surface area contributed by atoms with E-state index in [1.54, 1.807) is 0 Å². The normalized spacial score (nSPS) is 21.4. The first-order valence-corrected chi connectivity index (χ1v) is 8.49. The van der Waals surface area contributed by atoms with Crippen LogP contribution in [0.25, 0.3) is 0 Å². The number of hydrazone groups is 1. The maximum Gasteiger partial charge on any atom is 0.276 e. The van der Waals surface area contributed by atoms with Gasteiger partial charge in [0.05, 0.1) is 10.6 Å². The molecule has 2 aromatic heterocycles. The second kappa shape index (κ2) is 6.03. The van der Waals surface area contributed by atoms with E-state index in [1.165, 1.54) is 35.9 Å².